The Morgan fingerprint density at radius 1 is 1.25 bits per heavy atom. The van der Waals surface area contributed by atoms with Gasteiger partial charge in [0.25, 0.3) is 5.91 Å². The molecule has 0 bridgehead atoms. The van der Waals surface area contributed by atoms with E-state index < -0.39 is 0 Å². The molecule has 5 heterocycles. The molecule has 13 heteroatoms. The van der Waals surface area contributed by atoms with Crippen molar-refractivity contribution in [2.24, 2.45) is 5.92 Å². The zero-order valence-electron chi connectivity index (χ0n) is 23.1. The normalized spacial score (nSPS) is 18.9. The van der Waals surface area contributed by atoms with Crippen LogP contribution < -0.4 is 20.4 Å². The molecule has 40 heavy (non-hydrogen) atoms. The van der Waals surface area contributed by atoms with Gasteiger partial charge >= 0.3 is 0 Å². The summed E-state index contributed by atoms with van der Waals surface area (Å²) >= 11 is 6.46. The number of likely N-dealkylation sites (N-methyl/N-ethyl adjacent to an activating group) is 1. The first-order chi connectivity index (χ1) is 19.4. The van der Waals surface area contributed by atoms with Crippen molar-refractivity contribution in [3.63, 3.8) is 0 Å². The van der Waals surface area contributed by atoms with Crippen molar-refractivity contribution < 1.29 is 9.59 Å². The third-order valence-electron chi connectivity index (χ3n) is 8.20. The zero-order chi connectivity index (χ0) is 28.1. The molecular weight excluding hydrogens is 532 g/mol. The van der Waals surface area contributed by atoms with E-state index in [-0.39, 0.29) is 17.1 Å². The number of pyridine rings is 1. The monoisotopic (exact) mass is 568 g/mol. The van der Waals surface area contributed by atoms with Crippen LogP contribution >= 0.6 is 11.6 Å². The number of fused-ring (bicyclic) bond motifs is 1. The number of nitrogens with one attached hydrogen (secondary N) is 2. The second-order valence-corrected chi connectivity index (χ2v) is 11.3. The van der Waals surface area contributed by atoms with E-state index in [0.717, 1.165) is 69.0 Å². The van der Waals surface area contributed by atoms with Crippen LogP contribution in [0.4, 0.5) is 11.5 Å². The van der Waals surface area contributed by atoms with Crippen molar-refractivity contribution in [2.75, 3.05) is 62.7 Å². The number of piperidine rings is 1. The van der Waals surface area contributed by atoms with E-state index in [1.54, 1.807) is 18.7 Å². The van der Waals surface area contributed by atoms with Gasteiger partial charge < -0.3 is 25.3 Å². The summed E-state index contributed by atoms with van der Waals surface area (Å²) in [6.45, 7) is 7.35. The molecule has 12 nitrogen and oxygen atoms in total. The molecule has 2 saturated heterocycles. The number of carbonyl (C=O) groups is 2. The molecule has 5 rings (SSSR count). The molecule has 1 unspecified atom stereocenters. The molecule has 3 aromatic heterocycles. The molecule has 0 saturated carbocycles. The zero-order valence-corrected chi connectivity index (χ0v) is 23.8. The average Bonchev–Trinajstić information content (AvgIpc) is 3.63. The summed E-state index contributed by atoms with van der Waals surface area (Å²) in [6.07, 6.45) is 11.6. The minimum atomic E-state index is -0.372. The van der Waals surface area contributed by atoms with Gasteiger partial charge in [-0.3, -0.25) is 14.0 Å². The van der Waals surface area contributed by atoms with Crippen LogP contribution in [-0.4, -0.2) is 100 Å². The van der Waals surface area contributed by atoms with Crippen LogP contribution in [0.2, 0.25) is 5.02 Å². The van der Waals surface area contributed by atoms with Crippen molar-refractivity contribution in [1.82, 2.24) is 40.1 Å². The maximum Gasteiger partial charge on any atom is 0.271 e. The van der Waals surface area contributed by atoms with E-state index in [2.05, 4.69) is 52.4 Å². The maximum absolute atomic E-state index is 12.8. The fourth-order valence-electron chi connectivity index (χ4n) is 5.80. The number of rotatable bonds is 11. The number of amides is 2. The highest BCUT2D eigenvalue weighted by molar-refractivity contribution is 6.33. The van der Waals surface area contributed by atoms with Crippen LogP contribution in [0.5, 0.6) is 0 Å². The van der Waals surface area contributed by atoms with E-state index in [0.29, 0.717) is 30.6 Å². The molecule has 2 fully saturated rings. The molecule has 2 aliphatic heterocycles. The van der Waals surface area contributed by atoms with Gasteiger partial charge in [0.15, 0.2) is 5.82 Å². The number of anilines is 2. The van der Waals surface area contributed by atoms with E-state index in [1.807, 2.05) is 23.7 Å². The Kier molecular flexibility index (Phi) is 8.65. The van der Waals surface area contributed by atoms with Gasteiger partial charge in [0.1, 0.15) is 12.0 Å². The standard InChI is InChI=1S/C27H37ClN10O2/c1-3-20-4-9-37(16-20)21-14-22(28)23(31-15-21)26(40)30-7-12-35(2)17-27(32-19-39)5-10-36(11-6-27)24-25-34-33-18-38(25)13-8-29-24/h8,13-15,18-20H,3-7,9-12,16-17H2,1-2H3,(H,30,40)(H,32,39). The summed E-state index contributed by atoms with van der Waals surface area (Å²) in [5.74, 6) is 1.20. The number of halogens is 1. The molecule has 0 aliphatic carbocycles. The van der Waals surface area contributed by atoms with Gasteiger partial charge in [0.05, 0.1) is 22.4 Å². The summed E-state index contributed by atoms with van der Waals surface area (Å²) in [4.78, 5) is 39.8. The molecule has 3 aromatic rings. The van der Waals surface area contributed by atoms with E-state index in [1.165, 1.54) is 6.42 Å². The molecular formula is C27H37ClN10O2. The first-order valence-corrected chi connectivity index (χ1v) is 14.3. The van der Waals surface area contributed by atoms with Gasteiger partial charge in [-0.15, -0.1) is 10.2 Å². The highest BCUT2D eigenvalue weighted by atomic mass is 35.5. The van der Waals surface area contributed by atoms with Gasteiger partial charge in [-0.1, -0.05) is 24.9 Å². The highest BCUT2D eigenvalue weighted by Gasteiger charge is 2.36. The van der Waals surface area contributed by atoms with Crippen molar-refractivity contribution in [3.8, 4) is 0 Å². The van der Waals surface area contributed by atoms with Gasteiger partial charge in [-0.05, 0) is 38.3 Å². The lowest BCUT2D eigenvalue weighted by Crippen LogP contribution is -2.59. The number of aromatic nitrogens is 5. The van der Waals surface area contributed by atoms with Crippen molar-refractivity contribution in [3.05, 3.63) is 41.7 Å². The maximum atomic E-state index is 12.8. The average molecular weight is 569 g/mol. The quantitative estimate of drug-likeness (QED) is 0.333. The minimum Gasteiger partial charge on any atom is -0.370 e. The number of carbonyl (C=O) groups excluding carboxylic acids is 2. The van der Waals surface area contributed by atoms with Gasteiger partial charge in [-0.2, -0.15) is 0 Å². The van der Waals surface area contributed by atoms with Crippen LogP contribution in [0, 0.1) is 5.92 Å². The molecule has 1 atom stereocenters. The van der Waals surface area contributed by atoms with Crippen LogP contribution in [0.3, 0.4) is 0 Å². The Bertz CT molecular complexity index is 1330. The summed E-state index contributed by atoms with van der Waals surface area (Å²) in [7, 11) is 1.99. The third-order valence-corrected chi connectivity index (χ3v) is 8.49. The first kappa shape index (κ1) is 28.0. The van der Waals surface area contributed by atoms with Gasteiger partial charge in [0, 0.05) is 58.2 Å². The third kappa shape index (κ3) is 6.12. The Hall–Kier alpha value is -3.51. The Labute approximate surface area is 239 Å². The van der Waals surface area contributed by atoms with Gasteiger partial charge in [-0.25, -0.2) is 9.97 Å². The van der Waals surface area contributed by atoms with E-state index in [4.69, 9.17) is 11.6 Å². The number of nitrogens with zero attached hydrogens (tertiary/aromatic N) is 8. The largest absolute Gasteiger partial charge is 0.370 e. The molecule has 0 spiro atoms. The molecule has 214 valence electrons. The summed E-state index contributed by atoms with van der Waals surface area (Å²) in [5.41, 5.74) is 1.55. The Morgan fingerprint density at radius 2 is 2.08 bits per heavy atom. The van der Waals surface area contributed by atoms with E-state index in [9.17, 15) is 9.59 Å². The van der Waals surface area contributed by atoms with Crippen molar-refractivity contribution >= 4 is 41.1 Å². The van der Waals surface area contributed by atoms with E-state index >= 15 is 0 Å². The molecule has 2 aliphatic rings. The van der Waals surface area contributed by atoms with Crippen LogP contribution in [0.25, 0.3) is 5.65 Å². The molecule has 0 radical (unpaired) electrons. The summed E-state index contributed by atoms with van der Waals surface area (Å²) < 4.78 is 1.85. The van der Waals surface area contributed by atoms with Gasteiger partial charge in [0.2, 0.25) is 12.1 Å². The summed E-state index contributed by atoms with van der Waals surface area (Å²) in [5, 5.41) is 14.6. The second-order valence-electron chi connectivity index (χ2n) is 10.9. The predicted molar refractivity (Wildman–Crippen MR) is 154 cm³/mol. The topological polar surface area (TPSA) is 124 Å². The SMILES string of the molecule is CCC1CCN(c2cnc(C(=O)NCCN(C)CC3(NC=O)CCN(c4nccn5cnnc45)CC3)c(Cl)c2)C1. The minimum absolute atomic E-state index is 0.238. The summed E-state index contributed by atoms with van der Waals surface area (Å²) in [6, 6.07) is 1.84. The number of hydrogen-bond donors (Lipinski definition) is 2. The van der Waals surface area contributed by atoms with Crippen LogP contribution in [0.1, 0.15) is 43.1 Å². The lowest BCUT2D eigenvalue weighted by atomic mass is 9.87. The molecule has 2 amide bonds. The first-order valence-electron chi connectivity index (χ1n) is 13.9. The Balaban J connectivity index is 1.12. The van der Waals surface area contributed by atoms with Crippen LogP contribution in [-0.2, 0) is 4.79 Å². The smallest absolute Gasteiger partial charge is 0.271 e. The molecule has 0 aromatic carbocycles. The molecule has 2 N–H and O–H groups in total. The highest BCUT2D eigenvalue weighted by Crippen LogP contribution is 2.29. The van der Waals surface area contributed by atoms with Crippen LogP contribution in [0.15, 0.2) is 31.0 Å². The van der Waals surface area contributed by atoms with Crippen molar-refractivity contribution in [1.29, 1.82) is 0 Å². The second kappa shape index (κ2) is 12.3. The fraction of sp³-hybridized carbons (Fsp3) is 0.556. The Morgan fingerprint density at radius 3 is 2.80 bits per heavy atom. The fourth-order valence-corrected chi connectivity index (χ4v) is 6.04. The lowest BCUT2D eigenvalue weighted by Gasteiger charge is -2.43. The van der Waals surface area contributed by atoms with Crippen molar-refractivity contribution in [2.45, 2.75) is 38.1 Å². The lowest BCUT2D eigenvalue weighted by molar-refractivity contribution is -0.111. The number of hydrogen-bond acceptors (Lipinski definition) is 9. The predicted octanol–water partition coefficient (Wildman–Crippen LogP) is 1.86.